The quantitative estimate of drug-likeness (QED) is 0.840. The standard InChI is InChI=1S/C19H22N2O4S/c1-12-8-21(9-13(2)25-12)10-16(22)20-18-17(19(23)24)15(11-26-18)14-6-4-3-5-7-14/h3-7,11-13H,8-10H2,1-2H3,(H,20,22)(H,23,24). The van der Waals surface area contributed by atoms with Crippen molar-refractivity contribution in [2.24, 2.45) is 0 Å². The summed E-state index contributed by atoms with van der Waals surface area (Å²) in [4.78, 5) is 26.2. The first-order chi connectivity index (χ1) is 12.4. The molecule has 1 fully saturated rings. The number of aromatic carboxylic acids is 1. The topological polar surface area (TPSA) is 78.9 Å². The van der Waals surface area contributed by atoms with Crippen LogP contribution in [0.4, 0.5) is 5.00 Å². The van der Waals surface area contributed by atoms with Crippen LogP contribution in [0.5, 0.6) is 0 Å². The number of thiophene rings is 1. The lowest BCUT2D eigenvalue weighted by atomic mass is 10.0. The predicted octanol–water partition coefficient (Wildman–Crippen LogP) is 3.16. The Labute approximate surface area is 156 Å². The lowest BCUT2D eigenvalue weighted by Gasteiger charge is -2.34. The summed E-state index contributed by atoms with van der Waals surface area (Å²) in [5.41, 5.74) is 1.57. The van der Waals surface area contributed by atoms with E-state index < -0.39 is 5.97 Å². The predicted molar refractivity (Wildman–Crippen MR) is 102 cm³/mol. The average molecular weight is 374 g/mol. The van der Waals surface area contributed by atoms with E-state index >= 15 is 0 Å². The highest BCUT2D eigenvalue weighted by Crippen LogP contribution is 2.35. The molecule has 1 aliphatic heterocycles. The van der Waals surface area contributed by atoms with Gasteiger partial charge in [-0.05, 0) is 19.4 Å². The fourth-order valence-electron chi connectivity index (χ4n) is 3.28. The van der Waals surface area contributed by atoms with Gasteiger partial charge in [0.25, 0.3) is 0 Å². The SMILES string of the molecule is CC1CN(CC(=O)Nc2scc(-c3ccccc3)c2C(=O)O)CC(C)O1. The van der Waals surface area contributed by atoms with E-state index in [2.05, 4.69) is 5.32 Å². The van der Waals surface area contributed by atoms with Crippen molar-refractivity contribution in [3.8, 4) is 11.1 Å². The zero-order valence-corrected chi connectivity index (χ0v) is 15.6. The van der Waals surface area contributed by atoms with Gasteiger partial charge in [0.2, 0.25) is 5.91 Å². The van der Waals surface area contributed by atoms with Crippen molar-refractivity contribution in [2.45, 2.75) is 26.1 Å². The Morgan fingerprint density at radius 1 is 1.23 bits per heavy atom. The summed E-state index contributed by atoms with van der Waals surface area (Å²) in [5.74, 6) is -1.26. The Kier molecular flexibility index (Phi) is 5.70. The third-order valence-corrected chi connectivity index (χ3v) is 5.10. The molecule has 1 aromatic carbocycles. The zero-order chi connectivity index (χ0) is 18.7. The second-order valence-corrected chi connectivity index (χ2v) is 7.40. The van der Waals surface area contributed by atoms with E-state index in [1.165, 1.54) is 11.3 Å². The molecule has 1 aromatic heterocycles. The van der Waals surface area contributed by atoms with Gasteiger partial charge in [-0.1, -0.05) is 30.3 Å². The first-order valence-electron chi connectivity index (χ1n) is 8.52. The molecule has 0 radical (unpaired) electrons. The van der Waals surface area contributed by atoms with Gasteiger partial charge in [0.05, 0.1) is 18.8 Å². The monoisotopic (exact) mass is 374 g/mol. The molecule has 2 N–H and O–H groups in total. The molecular weight excluding hydrogens is 352 g/mol. The minimum absolute atomic E-state index is 0.0764. The number of benzene rings is 1. The molecule has 2 heterocycles. The Bertz CT molecular complexity index is 780. The van der Waals surface area contributed by atoms with Crippen LogP contribution in [-0.4, -0.2) is 53.7 Å². The van der Waals surface area contributed by atoms with Crippen molar-refractivity contribution in [1.82, 2.24) is 4.90 Å². The van der Waals surface area contributed by atoms with E-state index in [1.807, 2.05) is 49.1 Å². The highest BCUT2D eigenvalue weighted by atomic mass is 32.1. The normalized spacial score (nSPS) is 20.7. The summed E-state index contributed by atoms with van der Waals surface area (Å²) in [6.07, 6.45) is 0.153. The maximum atomic E-state index is 12.4. The molecule has 7 heteroatoms. The Morgan fingerprint density at radius 2 is 1.88 bits per heavy atom. The van der Waals surface area contributed by atoms with E-state index in [4.69, 9.17) is 4.74 Å². The smallest absolute Gasteiger partial charge is 0.339 e. The maximum Gasteiger partial charge on any atom is 0.339 e. The molecule has 0 saturated carbocycles. The van der Waals surface area contributed by atoms with Crippen molar-refractivity contribution in [1.29, 1.82) is 0 Å². The van der Waals surface area contributed by atoms with Crippen LogP contribution in [0.15, 0.2) is 35.7 Å². The minimum atomic E-state index is -1.05. The van der Waals surface area contributed by atoms with E-state index in [0.717, 1.165) is 5.56 Å². The maximum absolute atomic E-state index is 12.4. The van der Waals surface area contributed by atoms with Crippen LogP contribution in [0.2, 0.25) is 0 Å². The van der Waals surface area contributed by atoms with Crippen LogP contribution in [-0.2, 0) is 9.53 Å². The summed E-state index contributed by atoms with van der Waals surface area (Å²) in [6.45, 7) is 5.55. The van der Waals surface area contributed by atoms with Gasteiger partial charge >= 0.3 is 5.97 Å². The highest BCUT2D eigenvalue weighted by molar-refractivity contribution is 7.15. The molecule has 0 spiro atoms. The third-order valence-electron chi connectivity index (χ3n) is 4.21. The van der Waals surface area contributed by atoms with E-state index in [-0.39, 0.29) is 30.2 Å². The number of hydrogen-bond donors (Lipinski definition) is 2. The molecule has 6 nitrogen and oxygen atoms in total. The van der Waals surface area contributed by atoms with Gasteiger partial charge in [0, 0.05) is 24.0 Å². The molecule has 138 valence electrons. The average Bonchev–Trinajstić information content (AvgIpc) is 2.98. The first-order valence-corrected chi connectivity index (χ1v) is 9.40. The molecule has 2 atom stereocenters. The molecular formula is C19H22N2O4S. The van der Waals surface area contributed by atoms with Crippen LogP contribution >= 0.6 is 11.3 Å². The summed E-state index contributed by atoms with van der Waals surface area (Å²) >= 11 is 1.23. The van der Waals surface area contributed by atoms with Crippen molar-refractivity contribution in [2.75, 3.05) is 25.0 Å². The minimum Gasteiger partial charge on any atom is -0.478 e. The van der Waals surface area contributed by atoms with Crippen molar-refractivity contribution < 1.29 is 19.4 Å². The van der Waals surface area contributed by atoms with Crippen LogP contribution in [0.1, 0.15) is 24.2 Å². The fraction of sp³-hybridized carbons (Fsp3) is 0.368. The van der Waals surface area contributed by atoms with Gasteiger partial charge < -0.3 is 15.2 Å². The van der Waals surface area contributed by atoms with Gasteiger partial charge in [0.15, 0.2) is 0 Å². The number of carbonyl (C=O) groups excluding carboxylic acids is 1. The number of hydrogen-bond acceptors (Lipinski definition) is 5. The number of rotatable bonds is 5. The van der Waals surface area contributed by atoms with Crippen molar-refractivity contribution in [3.63, 3.8) is 0 Å². The van der Waals surface area contributed by atoms with Gasteiger partial charge in [-0.2, -0.15) is 0 Å². The fourth-order valence-corrected chi connectivity index (χ4v) is 4.25. The molecule has 1 aliphatic rings. The van der Waals surface area contributed by atoms with Gasteiger partial charge in [-0.3, -0.25) is 9.69 Å². The molecule has 0 bridgehead atoms. The van der Waals surface area contributed by atoms with Gasteiger partial charge in [0.1, 0.15) is 10.6 Å². The molecule has 2 unspecified atom stereocenters. The van der Waals surface area contributed by atoms with E-state index in [9.17, 15) is 14.7 Å². The van der Waals surface area contributed by atoms with Crippen LogP contribution in [0.25, 0.3) is 11.1 Å². The Balaban J connectivity index is 1.74. The number of carbonyl (C=O) groups is 2. The van der Waals surface area contributed by atoms with Gasteiger partial charge in [-0.25, -0.2) is 4.79 Å². The Hall–Kier alpha value is -2.22. The number of nitrogens with zero attached hydrogens (tertiary/aromatic N) is 1. The lowest BCUT2D eigenvalue weighted by molar-refractivity contribution is -0.121. The molecule has 3 rings (SSSR count). The van der Waals surface area contributed by atoms with Crippen LogP contribution in [0.3, 0.4) is 0 Å². The third kappa shape index (κ3) is 4.30. The number of anilines is 1. The zero-order valence-electron chi connectivity index (χ0n) is 14.8. The second kappa shape index (κ2) is 7.99. The Morgan fingerprint density at radius 3 is 2.50 bits per heavy atom. The molecule has 1 saturated heterocycles. The number of carboxylic acids is 1. The second-order valence-electron chi connectivity index (χ2n) is 6.52. The molecule has 0 aliphatic carbocycles. The summed E-state index contributed by atoms with van der Waals surface area (Å²) in [6, 6.07) is 9.31. The number of morpholine rings is 1. The highest BCUT2D eigenvalue weighted by Gasteiger charge is 2.25. The number of carboxylic acid groups (broad SMARTS) is 1. The van der Waals surface area contributed by atoms with E-state index in [0.29, 0.717) is 23.7 Å². The van der Waals surface area contributed by atoms with Crippen LogP contribution < -0.4 is 5.32 Å². The first kappa shape index (κ1) is 18.6. The summed E-state index contributed by atoms with van der Waals surface area (Å²) in [5, 5.41) is 14.5. The van der Waals surface area contributed by atoms with E-state index in [1.54, 1.807) is 5.38 Å². The number of ether oxygens (including phenoxy) is 1. The summed E-state index contributed by atoms with van der Waals surface area (Å²) in [7, 11) is 0. The molecule has 1 amide bonds. The molecule has 26 heavy (non-hydrogen) atoms. The largest absolute Gasteiger partial charge is 0.478 e. The summed E-state index contributed by atoms with van der Waals surface area (Å²) < 4.78 is 5.67. The van der Waals surface area contributed by atoms with Crippen LogP contribution in [0, 0.1) is 0 Å². The number of amides is 1. The molecule has 2 aromatic rings. The van der Waals surface area contributed by atoms with Gasteiger partial charge in [-0.15, -0.1) is 11.3 Å². The lowest BCUT2D eigenvalue weighted by Crippen LogP contribution is -2.48. The van der Waals surface area contributed by atoms with Crippen molar-refractivity contribution in [3.05, 3.63) is 41.3 Å². The van der Waals surface area contributed by atoms with Crippen molar-refractivity contribution >= 4 is 28.2 Å². The number of nitrogens with one attached hydrogen (secondary N) is 1.